The van der Waals surface area contributed by atoms with E-state index >= 15 is 0 Å². The summed E-state index contributed by atoms with van der Waals surface area (Å²) in [5, 5.41) is 2.05. The van der Waals surface area contributed by atoms with E-state index in [4.69, 9.17) is 13.8 Å². The van der Waals surface area contributed by atoms with Crippen LogP contribution in [-0.2, 0) is 23.1 Å². The zero-order chi connectivity index (χ0) is 16.8. The molecule has 0 aliphatic heterocycles. The predicted octanol–water partition coefficient (Wildman–Crippen LogP) is 3.10. The van der Waals surface area contributed by atoms with Crippen molar-refractivity contribution in [1.29, 1.82) is 0 Å². The van der Waals surface area contributed by atoms with Crippen LogP contribution in [0.4, 0.5) is 0 Å². The molecular weight excluding hydrogens is 305 g/mol. The van der Waals surface area contributed by atoms with Crippen molar-refractivity contribution < 1.29 is 23.1 Å². The minimum atomic E-state index is -3.52. The Morgan fingerprint density at radius 3 is 2.27 bits per heavy atom. The van der Waals surface area contributed by atoms with Crippen LogP contribution in [0.1, 0.15) is 32.4 Å². The zero-order valence-corrected chi connectivity index (χ0v) is 14.6. The summed E-state index contributed by atoms with van der Waals surface area (Å²) in [5.74, 6) is -0.459. The summed E-state index contributed by atoms with van der Waals surface area (Å²) in [6.45, 7) is 4.75. The van der Waals surface area contributed by atoms with Crippen molar-refractivity contribution in [2.24, 2.45) is 0 Å². The van der Waals surface area contributed by atoms with Crippen LogP contribution in [0.15, 0.2) is 30.3 Å². The molecule has 0 aliphatic carbocycles. The molecule has 1 unspecified atom stereocenters. The lowest BCUT2D eigenvalue weighted by Gasteiger charge is -2.37. The Balaban J connectivity index is 3.04. The average Bonchev–Trinajstić information content (AvgIpc) is 2.52. The highest BCUT2D eigenvalue weighted by Gasteiger charge is 2.48. The first-order valence-electron chi connectivity index (χ1n) is 6.95. The molecule has 7 heteroatoms. The smallest absolute Gasteiger partial charge is 0.353 e. The molecule has 1 aromatic carbocycles. The second-order valence-corrected chi connectivity index (χ2v) is 7.91. The standard InChI is InChI=1S/C15H24NO5P/c1-12(14-9-7-6-8-10-14)16-15(3,11-21-13(2)17)22(18,19-4)20-5/h6-10,12,16H,11H2,1-5H3/t12-,15?/m0/s1. The minimum absolute atomic E-state index is 0.127. The van der Waals surface area contributed by atoms with Gasteiger partial charge < -0.3 is 13.8 Å². The number of hydrogen-bond donors (Lipinski definition) is 1. The first kappa shape index (κ1) is 18.8. The van der Waals surface area contributed by atoms with Gasteiger partial charge >= 0.3 is 13.6 Å². The third kappa shape index (κ3) is 4.40. The van der Waals surface area contributed by atoms with Crippen LogP contribution < -0.4 is 5.32 Å². The molecule has 2 atom stereocenters. The normalized spacial score (nSPS) is 15.9. The SMILES string of the molecule is COP(=O)(OC)C(C)(COC(C)=O)N[C@@H](C)c1ccccc1. The number of nitrogens with one attached hydrogen (secondary N) is 1. The van der Waals surface area contributed by atoms with Crippen LogP contribution in [0.5, 0.6) is 0 Å². The maximum absolute atomic E-state index is 12.9. The molecule has 0 fully saturated rings. The van der Waals surface area contributed by atoms with E-state index in [1.807, 2.05) is 37.3 Å². The van der Waals surface area contributed by atoms with Gasteiger partial charge in [-0.2, -0.15) is 0 Å². The van der Waals surface area contributed by atoms with Gasteiger partial charge in [0.15, 0.2) is 5.28 Å². The number of esters is 1. The molecule has 0 spiro atoms. The largest absolute Gasteiger partial charge is 0.463 e. The van der Waals surface area contributed by atoms with Crippen LogP contribution in [0.2, 0.25) is 0 Å². The van der Waals surface area contributed by atoms with E-state index in [0.29, 0.717) is 0 Å². The number of rotatable bonds is 8. The highest BCUT2D eigenvalue weighted by atomic mass is 31.2. The highest BCUT2D eigenvalue weighted by Crippen LogP contribution is 2.58. The molecule has 0 amide bonds. The van der Waals surface area contributed by atoms with Crippen molar-refractivity contribution in [3.63, 3.8) is 0 Å². The van der Waals surface area contributed by atoms with Crippen LogP contribution >= 0.6 is 7.60 Å². The molecular formula is C15H24NO5P. The van der Waals surface area contributed by atoms with E-state index in [0.717, 1.165) is 5.56 Å². The third-order valence-corrected chi connectivity index (χ3v) is 5.90. The lowest BCUT2D eigenvalue weighted by atomic mass is 10.1. The van der Waals surface area contributed by atoms with Gasteiger partial charge in [0.05, 0.1) is 0 Å². The highest BCUT2D eigenvalue weighted by molar-refractivity contribution is 7.55. The lowest BCUT2D eigenvalue weighted by Crippen LogP contribution is -2.48. The van der Waals surface area contributed by atoms with Gasteiger partial charge in [0, 0.05) is 27.2 Å². The lowest BCUT2D eigenvalue weighted by molar-refractivity contribution is -0.142. The quantitative estimate of drug-likeness (QED) is 0.583. The fourth-order valence-electron chi connectivity index (χ4n) is 2.21. The first-order chi connectivity index (χ1) is 10.3. The van der Waals surface area contributed by atoms with Crippen molar-refractivity contribution in [2.45, 2.75) is 32.1 Å². The molecule has 1 rings (SSSR count). The van der Waals surface area contributed by atoms with Gasteiger partial charge in [-0.05, 0) is 19.4 Å². The van der Waals surface area contributed by atoms with Crippen molar-refractivity contribution in [3.8, 4) is 0 Å². The number of carbonyl (C=O) groups is 1. The molecule has 1 N–H and O–H groups in total. The fraction of sp³-hybridized carbons (Fsp3) is 0.533. The third-order valence-electron chi connectivity index (χ3n) is 3.47. The van der Waals surface area contributed by atoms with Gasteiger partial charge in [0.25, 0.3) is 0 Å². The second-order valence-electron chi connectivity index (χ2n) is 5.19. The molecule has 0 radical (unpaired) electrons. The summed E-state index contributed by atoms with van der Waals surface area (Å²) in [6.07, 6.45) is 0. The molecule has 0 saturated carbocycles. The molecule has 124 valence electrons. The van der Waals surface area contributed by atoms with E-state index in [9.17, 15) is 9.36 Å². The van der Waals surface area contributed by atoms with Gasteiger partial charge in [-0.25, -0.2) is 0 Å². The molecule has 6 nitrogen and oxygen atoms in total. The molecule has 0 aliphatic rings. The van der Waals surface area contributed by atoms with Crippen LogP contribution in [0.25, 0.3) is 0 Å². The second kappa shape index (κ2) is 7.88. The predicted molar refractivity (Wildman–Crippen MR) is 84.7 cm³/mol. The Morgan fingerprint density at radius 2 is 1.82 bits per heavy atom. The summed E-state index contributed by atoms with van der Waals surface area (Å²) in [7, 11) is -0.901. The minimum Gasteiger partial charge on any atom is -0.463 e. The molecule has 1 aromatic rings. The Morgan fingerprint density at radius 1 is 1.27 bits per heavy atom. The number of carbonyl (C=O) groups excluding carboxylic acids is 1. The summed E-state index contributed by atoms with van der Waals surface area (Å²) < 4.78 is 28.1. The van der Waals surface area contributed by atoms with E-state index in [1.54, 1.807) is 6.92 Å². The van der Waals surface area contributed by atoms with Crippen molar-refractivity contribution >= 4 is 13.6 Å². The summed E-state index contributed by atoms with van der Waals surface area (Å²) in [4.78, 5) is 11.1. The number of hydrogen-bond acceptors (Lipinski definition) is 6. The molecule has 0 aromatic heterocycles. The Hall–Kier alpha value is -1.20. The van der Waals surface area contributed by atoms with Crippen LogP contribution in [0.3, 0.4) is 0 Å². The summed E-state index contributed by atoms with van der Waals surface area (Å²) in [5.41, 5.74) is 1.01. The van der Waals surface area contributed by atoms with Crippen LogP contribution in [0, 0.1) is 0 Å². The van der Waals surface area contributed by atoms with Crippen molar-refractivity contribution in [1.82, 2.24) is 5.32 Å². The maximum Gasteiger partial charge on any atom is 0.353 e. The summed E-state index contributed by atoms with van der Waals surface area (Å²) >= 11 is 0. The summed E-state index contributed by atoms with van der Waals surface area (Å²) in [6, 6.07) is 9.53. The monoisotopic (exact) mass is 329 g/mol. The Labute approximate surface area is 131 Å². The number of benzene rings is 1. The Bertz CT molecular complexity index is 528. The van der Waals surface area contributed by atoms with Crippen LogP contribution in [-0.4, -0.2) is 32.1 Å². The maximum atomic E-state index is 12.9. The van der Waals surface area contributed by atoms with E-state index < -0.39 is 18.8 Å². The molecule has 0 saturated heterocycles. The Kier molecular flexibility index (Phi) is 6.75. The van der Waals surface area contributed by atoms with Gasteiger partial charge in [-0.3, -0.25) is 14.7 Å². The molecule has 0 bridgehead atoms. The van der Waals surface area contributed by atoms with Gasteiger partial charge in [0.2, 0.25) is 0 Å². The average molecular weight is 329 g/mol. The van der Waals surface area contributed by atoms with E-state index in [2.05, 4.69) is 5.32 Å². The van der Waals surface area contributed by atoms with Crippen molar-refractivity contribution in [2.75, 3.05) is 20.8 Å². The van der Waals surface area contributed by atoms with Gasteiger partial charge in [0.1, 0.15) is 6.61 Å². The number of ether oxygens (including phenoxy) is 1. The fourth-order valence-corrected chi connectivity index (χ4v) is 3.74. The van der Waals surface area contributed by atoms with Crippen molar-refractivity contribution in [3.05, 3.63) is 35.9 Å². The topological polar surface area (TPSA) is 73.9 Å². The van der Waals surface area contributed by atoms with Gasteiger partial charge in [-0.15, -0.1) is 0 Å². The van der Waals surface area contributed by atoms with E-state index in [1.165, 1.54) is 21.1 Å². The molecule has 22 heavy (non-hydrogen) atoms. The molecule has 0 heterocycles. The van der Waals surface area contributed by atoms with Gasteiger partial charge in [-0.1, -0.05) is 30.3 Å². The first-order valence-corrected chi connectivity index (χ1v) is 8.50. The zero-order valence-electron chi connectivity index (χ0n) is 13.7. The van der Waals surface area contributed by atoms with E-state index in [-0.39, 0.29) is 12.6 Å².